The molecular formula is C9H14N4S. The molecule has 0 aromatic carbocycles. The van der Waals surface area contributed by atoms with Crippen LogP contribution in [0.1, 0.15) is 19.3 Å². The van der Waals surface area contributed by atoms with Crippen molar-refractivity contribution in [1.82, 2.24) is 9.97 Å². The van der Waals surface area contributed by atoms with E-state index in [1.807, 2.05) is 6.26 Å². The molecule has 0 bridgehead atoms. The first-order valence-corrected chi connectivity index (χ1v) is 5.95. The van der Waals surface area contributed by atoms with Crippen LogP contribution < -0.4 is 11.1 Å². The Kier molecular flexibility index (Phi) is 2.77. The minimum absolute atomic E-state index is 0.533. The van der Waals surface area contributed by atoms with Gasteiger partial charge in [0.05, 0.1) is 0 Å². The van der Waals surface area contributed by atoms with Gasteiger partial charge in [0.15, 0.2) is 5.16 Å². The van der Waals surface area contributed by atoms with Crippen molar-refractivity contribution in [3.05, 3.63) is 6.07 Å². The second kappa shape index (κ2) is 4.04. The lowest BCUT2D eigenvalue weighted by Crippen LogP contribution is -2.27. The van der Waals surface area contributed by atoms with Crippen LogP contribution in [0.4, 0.5) is 11.6 Å². The predicted molar refractivity (Wildman–Crippen MR) is 59.5 cm³/mol. The number of nitrogen functional groups attached to an aromatic ring is 1. The molecule has 3 N–H and O–H groups in total. The van der Waals surface area contributed by atoms with Gasteiger partial charge in [0.2, 0.25) is 0 Å². The fourth-order valence-electron chi connectivity index (χ4n) is 1.37. The number of anilines is 2. The smallest absolute Gasteiger partial charge is 0.191 e. The fourth-order valence-corrected chi connectivity index (χ4v) is 1.76. The van der Waals surface area contributed by atoms with Crippen molar-refractivity contribution in [3.63, 3.8) is 0 Å². The number of nitrogens with two attached hydrogens (primary N) is 1. The number of rotatable bonds is 3. The Balaban J connectivity index is 2.11. The lowest BCUT2D eigenvalue weighted by atomic mass is 9.93. The van der Waals surface area contributed by atoms with Crippen LogP contribution in [-0.4, -0.2) is 22.3 Å². The maximum Gasteiger partial charge on any atom is 0.191 e. The fraction of sp³-hybridized carbons (Fsp3) is 0.556. The number of hydrogen-bond acceptors (Lipinski definition) is 5. The molecular weight excluding hydrogens is 196 g/mol. The minimum Gasteiger partial charge on any atom is -0.383 e. The van der Waals surface area contributed by atoms with Crippen LogP contribution in [0.3, 0.4) is 0 Å². The van der Waals surface area contributed by atoms with Crippen molar-refractivity contribution in [2.75, 3.05) is 17.3 Å². The third kappa shape index (κ3) is 2.09. The molecule has 0 atom stereocenters. The summed E-state index contributed by atoms with van der Waals surface area (Å²) in [6.45, 7) is 0. The van der Waals surface area contributed by atoms with Crippen LogP contribution in [0, 0.1) is 0 Å². The number of nitrogens with one attached hydrogen (secondary N) is 1. The molecule has 0 saturated heterocycles. The van der Waals surface area contributed by atoms with Crippen LogP contribution in [0.5, 0.6) is 0 Å². The molecule has 14 heavy (non-hydrogen) atoms. The molecule has 1 saturated carbocycles. The summed E-state index contributed by atoms with van der Waals surface area (Å²) < 4.78 is 0. The zero-order valence-electron chi connectivity index (χ0n) is 8.16. The molecule has 1 aliphatic rings. The molecule has 2 rings (SSSR count). The summed E-state index contributed by atoms with van der Waals surface area (Å²) in [6, 6.07) is 2.37. The number of nitrogens with zero attached hydrogens (tertiary/aromatic N) is 2. The first-order valence-electron chi connectivity index (χ1n) is 4.73. The van der Waals surface area contributed by atoms with Crippen LogP contribution in [0.25, 0.3) is 0 Å². The van der Waals surface area contributed by atoms with Gasteiger partial charge in [-0.25, -0.2) is 9.97 Å². The second-order valence-corrected chi connectivity index (χ2v) is 4.21. The Bertz CT molecular complexity index is 325. The van der Waals surface area contributed by atoms with E-state index >= 15 is 0 Å². The van der Waals surface area contributed by atoms with Crippen molar-refractivity contribution in [3.8, 4) is 0 Å². The topological polar surface area (TPSA) is 63.8 Å². The van der Waals surface area contributed by atoms with Gasteiger partial charge in [-0.15, -0.1) is 0 Å². The molecule has 1 aromatic rings. The monoisotopic (exact) mass is 210 g/mol. The maximum atomic E-state index is 5.67. The Morgan fingerprint density at radius 1 is 1.50 bits per heavy atom. The molecule has 1 fully saturated rings. The van der Waals surface area contributed by atoms with E-state index in [0.29, 0.717) is 11.9 Å². The van der Waals surface area contributed by atoms with Crippen molar-refractivity contribution in [2.24, 2.45) is 0 Å². The Labute approximate surface area is 87.7 Å². The molecule has 0 amide bonds. The Morgan fingerprint density at radius 2 is 2.29 bits per heavy atom. The van der Waals surface area contributed by atoms with Gasteiger partial charge in [-0.1, -0.05) is 11.8 Å². The first-order chi connectivity index (χ1) is 6.78. The highest BCUT2D eigenvalue weighted by Crippen LogP contribution is 2.23. The lowest BCUT2D eigenvalue weighted by Gasteiger charge is -2.26. The zero-order valence-corrected chi connectivity index (χ0v) is 8.97. The predicted octanol–water partition coefficient (Wildman–Crippen LogP) is 1.75. The lowest BCUT2D eigenvalue weighted by molar-refractivity contribution is 0.444. The highest BCUT2D eigenvalue weighted by Gasteiger charge is 2.17. The van der Waals surface area contributed by atoms with E-state index in [1.54, 1.807) is 6.07 Å². The quantitative estimate of drug-likeness (QED) is 0.587. The van der Waals surface area contributed by atoms with Gasteiger partial charge in [-0.05, 0) is 25.5 Å². The van der Waals surface area contributed by atoms with Gasteiger partial charge in [0.25, 0.3) is 0 Å². The van der Waals surface area contributed by atoms with Crippen molar-refractivity contribution in [2.45, 2.75) is 30.5 Å². The number of hydrogen-bond donors (Lipinski definition) is 2. The zero-order chi connectivity index (χ0) is 9.97. The van der Waals surface area contributed by atoms with E-state index in [4.69, 9.17) is 5.73 Å². The highest BCUT2D eigenvalue weighted by atomic mass is 32.2. The van der Waals surface area contributed by atoms with E-state index in [0.717, 1.165) is 11.0 Å². The van der Waals surface area contributed by atoms with Crippen molar-refractivity contribution in [1.29, 1.82) is 0 Å². The average molecular weight is 210 g/mol. The van der Waals surface area contributed by atoms with Gasteiger partial charge in [0, 0.05) is 12.1 Å². The summed E-state index contributed by atoms with van der Waals surface area (Å²) in [7, 11) is 0. The van der Waals surface area contributed by atoms with E-state index in [9.17, 15) is 0 Å². The van der Waals surface area contributed by atoms with Gasteiger partial charge >= 0.3 is 0 Å². The van der Waals surface area contributed by atoms with E-state index in [2.05, 4.69) is 15.3 Å². The summed E-state index contributed by atoms with van der Waals surface area (Å²) in [5.41, 5.74) is 5.67. The summed E-state index contributed by atoms with van der Waals surface area (Å²) >= 11 is 1.51. The molecule has 0 unspecified atom stereocenters. The number of thioether (sulfide) groups is 1. The normalized spacial score (nSPS) is 16.4. The molecule has 1 heterocycles. The second-order valence-electron chi connectivity index (χ2n) is 3.44. The molecule has 4 nitrogen and oxygen atoms in total. The van der Waals surface area contributed by atoms with Crippen LogP contribution in [0.15, 0.2) is 11.2 Å². The van der Waals surface area contributed by atoms with Crippen molar-refractivity contribution < 1.29 is 0 Å². The average Bonchev–Trinajstić information content (AvgIpc) is 2.10. The van der Waals surface area contributed by atoms with E-state index < -0.39 is 0 Å². The third-order valence-corrected chi connectivity index (χ3v) is 2.91. The first kappa shape index (κ1) is 9.58. The molecule has 1 aromatic heterocycles. The minimum atomic E-state index is 0.533. The van der Waals surface area contributed by atoms with E-state index in [-0.39, 0.29) is 0 Å². The summed E-state index contributed by atoms with van der Waals surface area (Å²) in [5, 5.41) is 4.08. The van der Waals surface area contributed by atoms with Crippen LogP contribution in [0.2, 0.25) is 0 Å². The van der Waals surface area contributed by atoms with Crippen LogP contribution >= 0.6 is 11.8 Å². The Morgan fingerprint density at radius 3 is 2.86 bits per heavy atom. The molecule has 5 heteroatoms. The van der Waals surface area contributed by atoms with E-state index in [1.165, 1.54) is 31.0 Å². The third-order valence-electron chi connectivity index (χ3n) is 2.37. The summed E-state index contributed by atoms with van der Waals surface area (Å²) in [4.78, 5) is 8.43. The standard InChI is InChI=1S/C9H14N4S/c1-14-9-12-7(10)5-8(13-9)11-6-3-2-4-6/h5-6H,2-4H2,1H3,(H3,10,11,12,13). The van der Waals surface area contributed by atoms with Gasteiger partial charge < -0.3 is 11.1 Å². The Hall–Kier alpha value is -0.970. The summed E-state index contributed by atoms with van der Waals surface area (Å²) in [5.74, 6) is 1.39. The maximum absolute atomic E-state index is 5.67. The number of aromatic nitrogens is 2. The van der Waals surface area contributed by atoms with Gasteiger partial charge in [-0.3, -0.25) is 0 Å². The van der Waals surface area contributed by atoms with Gasteiger partial charge in [0.1, 0.15) is 11.6 Å². The summed E-state index contributed by atoms with van der Waals surface area (Å²) in [6.07, 6.45) is 5.73. The SMILES string of the molecule is CSc1nc(N)cc(NC2CCC2)n1. The molecule has 0 aliphatic heterocycles. The van der Waals surface area contributed by atoms with Crippen molar-refractivity contribution >= 4 is 23.4 Å². The molecule has 76 valence electrons. The largest absolute Gasteiger partial charge is 0.383 e. The molecule has 0 radical (unpaired) electrons. The highest BCUT2D eigenvalue weighted by molar-refractivity contribution is 7.98. The van der Waals surface area contributed by atoms with Crippen LogP contribution in [-0.2, 0) is 0 Å². The molecule has 0 spiro atoms. The van der Waals surface area contributed by atoms with Gasteiger partial charge in [-0.2, -0.15) is 0 Å². The molecule has 1 aliphatic carbocycles.